The van der Waals surface area contributed by atoms with E-state index in [0.29, 0.717) is 31.0 Å². The van der Waals surface area contributed by atoms with Gasteiger partial charge in [-0.25, -0.2) is 12.7 Å². The summed E-state index contributed by atoms with van der Waals surface area (Å²) in [5, 5.41) is 3.71. The summed E-state index contributed by atoms with van der Waals surface area (Å²) >= 11 is 0. The topological polar surface area (TPSA) is 89.4 Å². The number of hydrogen-bond acceptors (Lipinski definition) is 5. The van der Waals surface area contributed by atoms with Crippen LogP contribution >= 0.6 is 0 Å². The smallest absolute Gasteiger partial charge is 0.221 e. The average molecular weight is 287 g/mol. The summed E-state index contributed by atoms with van der Waals surface area (Å²) in [4.78, 5) is 0. The van der Waals surface area contributed by atoms with Gasteiger partial charge in [-0.1, -0.05) is 19.0 Å². The van der Waals surface area contributed by atoms with Crippen LogP contribution < -0.4 is 5.73 Å². The van der Waals surface area contributed by atoms with E-state index in [1.54, 1.807) is 13.0 Å². The summed E-state index contributed by atoms with van der Waals surface area (Å²) < 4.78 is 31.2. The van der Waals surface area contributed by atoms with E-state index in [0.717, 1.165) is 0 Å². The largest absolute Gasteiger partial charge is 0.360 e. The van der Waals surface area contributed by atoms with Gasteiger partial charge in [-0.2, -0.15) is 0 Å². The molecule has 1 aromatic heterocycles. The van der Waals surface area contributed by atoms with Crippen molar-refractivity contribution in [2.45, 2.75) is 39.0 Å². The van der Waals surface area contributed by atoms with Crippen LogP contribution in [0.4, 0.5) is 0 Å². The van der Waals surface area contributed by atoms with Crippen LogP contribution in [0.2, 0.25) is 0 Å². The molecule has 0 spiro atoms. The molecule has 0 radical (unpaired) electrons. The molecule has 0 aliphatic carbocycles. The van der Waals surface area contributed by atoms with Crippen molar-refractivity contribution in [3.05, 3.63) is 17.5 Å². The third-order valence-corrected chi connectivity index (χ3v) is 5.42. The number of aryl methyl sites for hydroxylation is 1. The van der Waals surface area contributed by atoms with Crippen molar-refractivity contribution < 1.29 is 12.9 Å². The van der Waals surface area contributed by atoms with E-state index in [4.69, 9.17) is 10.3 Å². The highest BCUT2D eigenvalue weighted by molar-refractivity contribution is 7.88. The number of piperidine rings is 1. The van der Waals surface area contributed by atoms with Gasteiger partial charge in [-0.3, -0.25) is 0 Å². The summed E-state index contributed by atoms with van der Waals surface area (Å²) in [6.07, 6.45) is 0.682. The minimum atomic E-state index is -3.37. The molecule has 0 bridgehead atoms. The number of sulfonamides is 1. The zero-order valence-electron chi connectivity index (χ0n) is 11.6. The van der Waals surface area contributed by atoms with Crippen LogP contribution in [0.3, 0.4) is 0 Å². The second kappa shape index (κ2) is 4.88. The number of nitrogens with zero attached hydrogens (tertiary/aromatic N) is 2. The predicted octanol–water partition coefficient (Wildman–Crippen LogP) is 0.872. The minimum Gasteiger partial charge on any atom is -0.360 e. The maximum atomic E-state index is 12.4. The quantitative estimate of drug-likeness (QED) is 0.891. The molecule has 0 amide bonds. The van der Waals surface area contributed by atoms with Crippen molar-refractivity contribution in [1.29, 1.82) is 0 Å². The van der Waals surface area contributed by atoms with Gasteiger partial charge in [0.2, 0.25) is 10.0 Å². The molecule has 2 heterocycles. The summed E-state index contributed by atoms with van der Waals surface area (Å²) in [6, 6.07) is 1.68. The Morgan fingerprint density at radius 2 is 2.26 bits per heavy atom. The zero-order chi connectivity index (χ0) is 14.3. The lowest BCUT2D eigenvalue weighted by Crippen LogP contribution is -2.54. The highest BCUT2D eigenvalue weighted by Crippen LogP contribution is 2.30. The minimum absolute atomic E-state index is 0.0338. The van der Waals surface area contributed by atoms with Crippen molar-refractivity contribution in [2.75, 3.05) is 13.1 Å². The summed E-state index contributed by atoms with van der Waals surface area (Å²) in [5.41, 5.74) is 6.50. The summed E-state index contributed by atoms with van der Waals surface area (Å²) in [7, 11) is -3.37. The summed E-state index contributed by atoms with van der Waals surface area (Å²) in [5.74, 6) is 0.240. The fourth-order valence-electron chi connectivity index (χ4n) is 2.32. The van der Waals surface area contributed by atoms with Gasteiger partial charge in [0.15, 0.2) is 5.76 Å². The number of rotatable bonds is 3. The Morgan fingerprint density at radius 1 is 1.58 bits per heavy atom. The molecule has 0 saturated carbocycles. The van der Waals surface area contributed by atoms with E-state index >= 15 is 0 Å². The van der Waals surface area contributed by atoms with Crippen molar-refractivity contribution in [2.24, 2.45) is 11.1 Å². The van der Waals surface area contributed by atoms with Crippen LogP contribution in [0.25, 0.3) is 0 Å². The molecule has 2 rings (SSSR count). The van der Waals surface area contributed by atoms with Gasteiger partial charge in [-0.15, -0.1) is 0 Å². The Labute approximate surface area is 114 Å². The molecule has 6 nitrogen and oxygen atoms in total. The molecule has 2 N–H and O–H groups in total. The van der Waals surface area contributed by atoms with Gasteiger partial charge in [0.05, 0.1) is 5.69 Å². The Balaban J connectivity index is 2.12. The molecule has 7 heteroatoms. The van der Waals surface area contributed by atoms with Crippen LogP contribution in [0.5, 0.6) is 0 Å². The van der Waals surface area contributed by atoms with Crippen molar-refractivity contribution in [1.82, 2.24) is 9.46 Å². The van der Waals surface area contributed by atoms with Crippen molar-refractivity contribution >= 4 is 10.0 Å². The third kappa shape index (κ3) is 3.16. The molecular weight excluding hydrogens is 266 g/mol. The van der Waals surface area contributed by atoms with Gasteiger partial charge in [0.1, 0.15) is 5.75 Å². The normalized spacial score (nSPS) is 24.5. The number of hydrogen-bond donors (Lipinski definition) is 1. The molecule has 1 atom stereocenters. The van der Waals surface area contributed by atoms with Gasteiger partial charge in [0, 0.05) is 25.2 Å². The molecule has 108 valence electrons. The van der Waals surface area contributed by atoms with Gasteiger partial charge < -0.3 is 10.3 Å². The van der Waals surface area contributed by atoms with Gasteiger partial charge in [-0.05, 0) is 18.8 Å². The molecule has 1 aromatic rings. The number of aromatic nitrogens is 1. The first-order valence-corrected chi connectivity index (χ1v) is 7.97. The van der Waals surface area contributed by atoms with E-state index in [2.05, 4.69) is 5.16 Å². The van der Waals surface area contributed by atoms with E-state index in [1.165, 1.54) is 4.31 Å². The van der Waals surface area contributed by atoms with E-state index in [1.807, 2.05) is 13.8 Å². The molecular formula is C12H21N3O3S. The zero-order valence-corrected chi connectivity index (χ0v) is 12.4. The van der Waals surface area contributed by atoms with Crippen LogP contribution in [-0.4, -0.2) is 37.0 Å². The van der Waals surface area contributed by atoms with Gasteiger partial charge >= 0.3 is 0 Å². The second-order valence-electron chi connectivity index (χ2n) is 5.91. The standard InChI is InChI=1S/C12H21N3O3S/c1-9-6-10(18-14-9)7-19(16,17)15-5-4-11(13)12(2,3)8-15/h6,11H,4-5,7-8,13H2,1-3H3. The second-order valence-corrected chi connectivity index (χ2v) is 7.88. The molecule has 0 aromatic carbocycles. The lowest BCUT2D eigenvalue weighted by molar-refractivity contribution is 0.155. The van der Waals surface area contributed by atoms with E-state index in [9.17, 15) is 8.42 Å². The maximum Gasteiger partial charge on any atom is 0.221 e. The van der Waals surface area contributed by atoms with Crippen LogP contribution in [0.1, 0.15) is 31.7 Å². The number of nitrogens with two attached hydrogens (primary N) is 1. The predicted molar refractivity (Wildman–Crippen MR) is 71.8 cm³/mol. The van der Waals surface area contributed by atoms with Crippen molar-refractivity contribution in [3.8, 4) is 0 Å². The lowest BCUT2D eigenvalue weighted by Gasteiger charge is -2.41. The lowest BCUT2D eigenvalue weighted by atomic mass is 9.81. The molecule has 1 fully saturated rings. The van der Waals surface area contributed by atoms with Crippen LogP contribution in [0.15, 0.2) is 10.6 Å². The molecule has 1 aliphatic heterocycles. The van der Waals surface area contributed by atoms with Crippen LogP contribution in [-0.2, 0) is 15.8 Å². The Kier molecular flexibility index (Phi) is 3.72. The highest BCUT2D eigenvalue weighted by atomic mass is 32.2. The Morgan fingerprint density at radius 3 is 2.79 bits per heavy atom. The maximum absolute atomic E-state index is 12.4. The highest BCUT2D eigenvalue weighted by Gasteiger charge is 2.38. The first-order chi connectivity index (χ1) is 8.71. The Bertz CT molecular complexity index is 550. The van der Waals surface area contributed by atoms with Crippen molar-refractivity contribution in [3.63, 3.8) is 0 Å². The molecule has 1 aliphatic rings. The molecule has 1 unspecified atom stereocenters. The fraction of sp³-hybridized carbons (Fsp3) is 0.750. The first-order valence-electron chi connectivity index (χ1n) is 6.36. The van der Waals surface area contributed by atoms with E-state index in [-0.39, 0.29) is 17.2 Å². The Hall–Kier alpha value is -0.920. The fourth-order valence-corrected chi connectivity index (χ4v) is 3.91. The third-order valence-electron chi connectivity index (χ3n) is 3.67. The monoisotopic (exact) mass is 287 g/mol. The molecule has 1 saturated heterocycles. The molecule has 19 heavy (non-hydrogen) atoms. The average Bonchev–Trinajstić information content (AvgIpc) is 2.67. The van der Waals surface area contributed by atoms with E-state index < -0.39 is 10.0 Å². The first kappa shape index (κ1) is 14.5. The SMILES string of the molecule is Cc1cc(CS(=O)(=O)N2CCC(N)C(C)(C)C2)on1. The van der Waals surface area contributed by atoms with Gasteiger partial charge in [0.25, 0.3) is 0 Å². The van der Waals surface area contributed by atoms with Crippen LogP contribution in [0, 0.1) is 12.3 Å². The summed E-state index contributed by atoms with van der Waals surface area (Å²) in [6.45, 7) is 6.68.